The quantitative estimate of drug-likeness (QED) is 0.300. The summed E-state index contributed by atoms with van der Waals surface area (Å²) in [6, 6.07) is 10.8. The Morgan fingerprint density at radius 2 is 1.81 bits per heavy atom. The van der Waals surface area contributed by atoms with Crippen LogP contribution in [0.15, 0.2) is 35.3 Å². The summed E-state index contributed by atoms with van der Waals surface area (Å²) in [6.45, 7) is 11.0. The monoisotopic (exact) mass is 431 g/mol. The number of aliphatic imine (C=N–C) groups is 1. The smallest absolute Gasteiger partial charge is 0.190 e. The highest BCUT2D eigenvalue weighted by molar-refractivity contribution is 5.79. The molecule has 0 spiro atoms. The Hall–Kier alpha value is -1.67. The normalized spacial score (nSPS) is 20.8. The average Bonchev–Trinajstić information content (AvgIpc) is 3.33. The van der Waals surface area contributed by atoms with Crippen molar-refractivity contribution < 1.29 is 9.47 Å². The van der Waals surface area contributed by atoms with Gasteiger partial charge in [-0.3, -0.25) is 9.89 Å². The molecule has 2 fully saturated rings. The van der Waals surface area contributed by atoms with E-state index < -0.39 is 0 Å². The number of guanidine groups is 1. The van der Waals surface area contributed by atoms with E-state index in [-0.39, 0.29) is 0 Å². The largest absolute Gasteiger partial charge is 0.379 e. The predicted molar refractivity (Wildman–Crippen MR) is 127 cm³/mol. The van der Waals surface area contributed by atoms with Gasteiger partial charge in [-0.05, 0) is 37.8 Å². The van der Waals surface area contributed by atoms with E-state index in [2.05, 4.69) is 55.8 Å². The summed E-state index contributed by atoms with van der Waals surface area (Å²) in [4.78, 5) is 9.45. The SMILES string of the molecule is CN=C(NCCCOCC1CCCO1)NCCCN1CCN(Cc2ccccc2)CC1. The first-order valence-corrected chi connectivity index (χ1v) is 12.0. The van der Waals surface area contributed by atoms with Gasteiger partial charge in [0.2, 0.25) is 0 Å². The van der Waals surface area contributed by atoms with Crippen LogP contribution < -0.4 is 10.6 Å². The second kappa shape index (κ2) is 14.4. The van der Waals surface area contributed by atoms with E-state index in [4.69, 9.17) is 9.47 Å². The maximum Gasteiger partial charge on any atom is 0.190 e. The minimum Gasteiger partial charge on any atom is -0.379 e. The maximum absolute atomic E-state index is 5.71. The third-order valence-electron chi connectivity index (χ3n) is 5.97. The van der Waals surface area contributed by atoms with Crippen LogP contribution in [0.4, 0.5) is 0 Å². The van der Waals surface area contributed by atoms with Gasteiger partial charge in [-0.2, -0.15) is 0 Å². The molecule has 2 saturated heterocycles. The van der Waals surface area contributed by atoms with Crippen LogP contribution in [0, 0.1) is 0 Å². The molecule has 2 aliphatic rings. The summed E-state index contributed by atoms with van der Waals surface area (Å²) in [5.41, 5.74) is 1.41. The highest BCUT2D eigenvalue weighted by Crippen LogP contribution is 2.12. The lowest BCUT2D eigenvalue weighted by molar-refractivity contribution is 0.0168. The van der Waals surface area contributed by atoms with Crippen LogP contribution in [-0.2, 0) is 16.0 Å². The zero-order chi connectivity index (χ0) is 21.6. The van der Waals surface area contributed by atoms with Crippen molar-refractivity contribution in [1.82, 2.24) is 20.4 Å². The Kier molecular flexibility index (Phi) is 11.1. The first kappa shape index (κ1) is 24.0. The molecule has 7 heteroatoms. The molecule has 1 atom stereocenters. The fourth-order valence-corrected chi connectivity index (χ4v) is 4.11. The lowest BCUT2D eigenvalue weighted by atomic mass is 10.2. The van der Waals surface area contributed by atoms with Crippen LogP contribution in [-0.4, -0.2) is 94.5 Å². The summed E-state index contributed by atoms with van der Waals surface area (Å²) in [7, 11) is 1.83. The van der Waals surface area contributed by atoms with Crippen LogP contribution in [0.5, 0.6) is 0 Å². The van der Waals surface area contributed by atoms with Gasteiger partial charge in [0.25, 0.3) is 0 Å². The molecule has 174 valence electrons. The maximum atomic E-state index is 5.71. The molecule has 0 aliphatic carbocycles. The van der Waals surface area contributed by atoms with Crippen molar-refractivity contribution in [3.63, 3.8) is 0 Å². The zero-order valence-corrected chi connectivity index (χ0v) is 19.2. The van der Waals surface area contributed by atoms with Crippen LogP contribution in [0.2, 0.25) is 0 Å². The van der Waals surface area contributed by atoms with Gasteiger partial charge in [0.15, 0.2) is 5.96 Å². The van der Waals surface area contributed by atoms with Crippen LogP contribution in [0.3, 0.4) is 0 Å². The van der Waals surface area contributed by atoms with Gasteiger partial charge < -0.3 is 25.0 Å². The molecule has 2 heterocycles. The van der Waals surface area contributed by atoms with Crippen molar-refractivity contribution in [3.8, 4) is 0 Å². The molecule has 31 heavy (non-hydrogen) atoms. The van der Waals surface area contributed by atoms with Gasteiger partial charge >= 0.3 is 0 Å². The number of piperazine rings is 1. The number of ether oxygens (including phenoxy) is 2. The van der Waals surface area contributed by atoms with E-state index >= 15 is 0 Å². The van der Waals surface area contributed by atoms with Crippen molar-refractivity contribution in [1.29, 1.82) is 0 Å². The lowest BCUT2D eigenvalue weighted by Gasteiger charge is -2.34. The third kappa shape index (κ3) is 9.56. The van der Waals surface area contributed by atoms with Gasteiger partial charge in [-0.15, -0.1) is 0 Å². The predicted octanol–water partition coefficient (Wildman–Crippen LogP) is 1.95. The molecular formula is C24H41N5O2. The van der Waals surface area contributed by atoms with E-state index in [1.54, 1.807) is 0 Å². The zero-order valence-electron chi connectivity index (χ0n) is 19.2. The molecule has 0 amide bonds. The van der Waals surface area contributed by atoms with Crippen molar-refractivity contribution in [2.24, 2.45) is 4.99 Å². The van der Waals surface area contributed by atoms with Gasteiger partial charge in [0.05, 0.1) is 12.7 Å². The molecular weight excluding hydrogens is 390 g/mol. The topological polar surface area (TPSA) is 61.4 Å². The fraction of sp³-hybridized carbons (Fsp3) is 0.708. The number of nitrogens with one attached hydrogen (secondary N) is 2. The minimum atomic E-state index is 0.314. The first-order valence-electron chi connectivity index (χ1n) is 12.0. The molecule has 7 nitrogen and oxygen atoms in total. The van der Waals surface area contributed by atoms with Gasteiger partial charge in [0.1, 0.15) is 0 Å². The van der Waals surface area contributed by atoms with Gasteiger partial charge in [0, 0.05) is 66.1 Å². The Morgan fingerprint density at radius 1 is 1.06 bits per heavy atom. The fourth-order valence-electron chi connectivity index (χ4n) is 4.11. The summed E-state index contributed by atoms with van der Waals surface area (Å²) in [5.74, 6) is 0.881. The van der Waals surface area contributed by atoms with Crippen LogP contribution in [0.1, 0.15) is 31.2 Å². The van der Waals surface area contributed by atoms with Gasteiger partial charge in [-0.1, -0.05) is 30.3 Å². The number of hydrogen-bond donors (Lipinski definition) is 2. The van der Waals surface area contributed by atoms with E-state index in [9.17, 15) is 0 Å². The molecule has 0 radical (unpaired) electrons. The highest BCUT2D eigenvalue weighted by Gasteiger charge is 2.16. The van der Waals surface area contributed by atoms with E-state index in [0.717, 1.165) is 97.4 Å². The average molecular weight is 432 g/mol. The number of nitrogens with zero attached hydrogens (tertiary/aromatic N) is 3. The first-order chi connectivity index (χ1) is 15.3. The van der Waals surface area contributed by atoms with E-state index in [0.29, 0.717) is 6.10 Å². The Bertz CT molecular complexity index is 614. The Labute approximate surface area is 188 Å². The van der Waals surface area contributed by atoms with Crippen molar-refractivity contribution in [3.05, 3.63) is 35.9 Å². The molecule has 0 bridgehead atoms. The van der Waals surface area contributed by atoms with Gasteiger partial charge in [-0.25, -0.2) is 0 Å². The summed E-state index contributed by atoms with van der Waals surface area (Å²) in [5, 5.41) is 6.80. The molecule has 2 aliphatic heterocycles. The molecule has 1 aromatic carbocycles. The van der Waals surface area contributed by atoms with Crippen LogP contribution >= 0.6 is 0 Å². The summed E-state index contributed by atoms with van der Waals surface area (Å²) < 4.78 is 11.3. The molecule has 1 aromatic rings. The standard InChI is InChI=1S/C24H41N5O2/c1-25-24(27-12-7-18-30-21-23-10-5-19-31-23)26-11-6-13-28-14-16-29(17-15-28)20-22-8-3-2-4-9-22/h2-4,8-9,23H,5-7,10-21H2,1H3,(H2,25,26,27). The second-order valence-corrected chi connectivity index (χ2v) is 8.45. The van der Waals surface area contributed by atoms with E-state index in [1.807, 2.05) is 7.05 Å². The van der Waals surface area contributed by atoms with Crippen LogP contribution in [0.25, 0.3) is 0 Å². The summed E-state index contributed by atoms with van der Waals surface area (Å²) in [6.07, 6.45) is 4.72. The Balaban J connectivity index is 1.16. The van der Waals surface area contributed by atoms with Crippen molar-refractivity contribution in [2.45, 2.75) is 38.3 Å². The lowest BCUT2D eigenvalue weighted by Crippen LogP contribution is -2.46. The van der Waals surface area contributed by atoms with Crippen molar-refractivity contribution in [2.75, 3.05) is 72.7 Å². The number of hydrogen-bond acceptors (Lipinski definition) is 5. The summed E-state index contributed by atoms with van der Waals surface area (Å²) >= 11 is 0. The molecule has 0 aromatic heterocycles. The Morgan fingerprint density at radius 3 is 2.52 bits per heavy atom. The molecule has 2 N–H and O–H groups in total. The molecule has 3 rings (SSSR count). The van der Waals surface area contributed by atoms with E-state index in [1.165, 1.54) is 12.0 Å². The highest BCUT2D eigenvalue weighted by atomic mass is 16.5. The number of benzene rings is 1. The van der Waals surface area contributed by atoms with Crippen molar-refractivity contribution >= 4 is 5.96 Å². The third-order valence-corrected chi connectivity index (χ3v) is 5.97. The minimum absolute atomic E-state index is 0.314. The molecule has 0 saturated carbocycles. The number of rotatable bonds is 12. The second-order valence-electron chi connectivity index (χ2n) is 8.45. The molecule has 1 unspecified atom stereocenters.